The molecule has 3 heteroatoms. The van der Waals surface area contributed by atoms with E-state index < -0.39 is 0 Å². The van der Waals surface area contributed by atoms with Crippen molar-refractivity contribution in [3.63, 3.8) is 0 Å². The second kappa shape index (κ2) is 5.15. The lowest BCUT2D eigenvalue weighted by Gasteiger charge is -2.12. The smallest absolute Gasteiger partial charge is 0.246 e. The van der Waals surface area contributed by atoms with Crippen LogP contribution in [0.3, 0.4) is 0 Å². The summed E-state index contributed by atoms with van der Waals surface area (Å²) in [6.07, 6.45) is 3.75. The lowest BCUT2D eigenvalue weighted by Crippen LogP contribution is -2.27. The highest BCUT2D eigenvalue weighted by molar-refractivity contribution is 5.92. The van der Waals surface area contributed by atoms with E-state index in [1.807, 2.05) is 37.3 Å². The van der Waals surface area contributed by atoms with Crippen LogP contribution in [0.15, 0.2) is 30.3 Å². The van der Waals surface area contributed by atoms with Gasteiger partial charge in [-0.25, -0.2) is 0 Å². The number of nitrogens with zero attached hydrogens (tertiary/aromatic N) is 1. The Hall–Kier alpha value is -1.61. The van der Waals surface area contributed by atoms with Crippen molar-refractivity contribution in [2.75, 3.05) is 13.1 Å². The number of carbonyl (C=O) groups is 1. The predicted octanol–water partition coefficient (Wildman–Crippen LogP) is 1.60. The Morgan fingerprint density at radius 2 is 2.24 bits per heavy atom. The average molecular weight is 231 g/mol. The second-order valence-corrected chi connectivity index (χ2v) is 4.42. The number of amides is 1. The van der Waals surface area contributed by atoms with Crippen LogP contribution >= 0.6 is 0 Å². The molecule has 2 rings (SSSR count). The van der Waals surface area contributed by atoms with Gasteiger partial charge in [0.05, 0.1) is 6.10 Å². The first-order chi connectivity index (χ1) is 8.16. The lowest BCUT2D eigenvalue weighted by atomic mass is 10.1. The average Bonchev–Trinajstić information content (AvgIpc) is 2.74. The van der Waals surface area contributed by atoms with E-state index in [9.17, 15) is 9.90 Å². The first-order valence-electron chi connectivity index (χ1n) is 5.87. The van der Waals surface area contributed by atoms with Gasteiger partial charge in [0.25, 0.3) is 0 Å². The van der Waals surface area contributed by atoms with Gasteiger partial charge in [0.1, 0.15) is 0 Å². The molecule has 0 aromatic heterocycles. The van der Waals surface area contributed by atoms with Crippen LogP contribution in [0.2, 0.25) is 0 Å². The van der Waals surface area contributed by atoms with Crippen LogP contribution in [0.25, 0.3) is 6.08 Å². The standard InChI is InChI=1S/C14H17NO2/c1-11-4-2-3-5-12(11)6-7-14(17)15-9-8-13(16)10-15/h2-7,13,16H,8-10H2,1H3/t13-/m1/s1. The number of likely N-dealkylation sites (tertiary alicyclic amines) is 1. The summed E-state index contributed by atoms with van der Waals surface area (Å²) in [6, 6.07) is 7.93. The van der Waals surface area contributed by atoms with Crippen LogP contribution < -0.4 is 0 Å². The molecule has 1 fully saturated rings. The largest absolute Gasteiger partial charge is 0.391 e. The molecule has 1 saturated heterocycles. The van der Waals surface area contributed by atoms with E-state index in [-0.39, 0.29) is 12.0 Å². The molecule has 17 heavy (non-hydrogen) atoms. The van der Waals surface area contributed by atoms with Gasteiger partial charge >= 0.3 is 0 Å². The van der Waals surface area contributed by atoms with Crippen molar-refractivity contribution in [3.8, 4) is 0 Å². The molecule has 1 heterocycles. The fourth-order valence-corrected chi connectivity index (χ4v) is 1.98. The zero-order chi connectivity index (χ0) is 12.3. The van der Waals surface area contributed by atoms with Gasteiger partial charge in [0, 0.05) is 19.2 Å². The van der Waals surface area contributed by atoms with Gasteiger partial charge in [-0.1, -0.05) is 24.3 Å². The van der Waals surface area contributed by atoms with E-state index in [2.05, 4.69) is 0 Å². The third-order valence-corrected chi connectivity index (χ3v) is 3.07. The number of β-amino-alcohol motifs (C(OH)–C–C–N with tert-alkyl or cyclic N) is 1. The molecule has 1 aromatic rings. The number of carbonyl (C=O) groups excluding carboxylic acids is 1. The van der Waals surface area contributed by atoms with E-state index in [1.54, 1.807) is 11.0 Å². The lowest BCUT2D eigenvalue weighted by molar-refractivity contribution is -0.125. The van der Waals surface area contributed by atoms with Crippen LogP contribution in [0.4, 0.5) is 0 Å². The molecule has 1 amide bonds. The molecule has 1 atom stereocenters. The maximum absolute atomic E-state index is 11.8. The van der Waals surface area contributed by atoms with Crippen molar-refractivity contribution in [3.05, 3.63) is 41.5 Å². The van der Waals surface area contributed by atoms with Gasteiger partial charge in [-0.2, -0.15) is 0 Å². The van der Waals surface area contributed by atoms with E-state index in [1.165, 1.54) is 0 Å². The highest BCUT2D eigenvalue weighted by Gasteiger charge is 2.22. The van der Waals surface area contributed by atoms with Crippen molar-refractivity contribution >= 4 is 12.0 Å². The van der Waals surface area contributed by atoms with Crippen molar-refractivity contribution in [1.82, 2.24) is 4.90 Å². The number of rotatable bonds is 2. The highest BCUT2D eigenvalue weighted by Crippen LogP contribution is 2.12. The van der Waals surface area contributed by atoms with Crippen LogP contribution in [-0.4, -0.2) is 35.1 Å². The normalized spacial score (nSPS) is 20.1. The molecule has 0 unspecified atom stereocenters. The van der Waals surface area contributed by atoms with E-state index >= 15 is 0 Å². The maximum atomic E-state index is 11.8. The first kappa shape index (κ1) is 11.9. The summed E-state index contributed by atoms with van der Waals surface area (Å²) < 4.78 is 0. The van der Waals surface area contributed by atoms with Crippen LogP contribution in [-0.2, 0) is 4.79 Å². The molecule has 0 radical (unpaired) electrons. The zero-order valence-corrected chi connectivity index (χ0v) is 9.97. The summed E-state index contributed by atoms with van der Waals surface area (Å²) in [5.41, 5.74) is 2.21. The summed E-state index contributed by atoms with van der Waals surface area (Å²) in [4.78, 5) is 13.5. The molecule has 1 aromatic carbocycles. The monoisotopic (exact) mass is 231 g/mol. The number of benzene rings is 1. The fraction of sp³-hybridized carbons (Fsp3) is 0.357. The van der Waals surface area contributed by atoms with Crippen molar-refractivity contribution in [1.29, 1.82) is 0 Å². The summed E-state index contributed by atoms with van der Waals surface area (Å²) in [6.45, 7) is 3.12. The van der Waals surface area contributed by atoms with Crippen molar-refractivity contribution < 1.29 is 9.90 Å². The molecule has 0 saturated carbocycles. The van der Waals surface area contributed by atoms with Crippen molar-refractivity contribution in [2.24, 2.45) is 0 Å². The molecule has 0 bridgehead atoms. The molecular formula is C14H17NO2. The van der Waals surface area contributed by atoms with Gasteiger partial charge in [0.15, 0.2) is 0 Å². The van der Waals surface area contributed by atoms with Crippen LogP contribution in [0, 0.1) is 6.92 Å². The summed E-state index contributed by atoms with van der Waals surface area (Å²) in [7, 11) is 0. The van der Waals surface area contributed by atoms with Gasteiger partial charge < -0.3 is 10.0 Å². The molecule has 1 aliphatic rings. The highest BCUT2D eigenvalue weighted by atomic mass is 16.3. The Labute approximate surface area is 101 Å². The SMILES string of the molecule is Cc1ccccc1C=CC(=O)N1CC[C@@H](O)C1. The topological polar surface area (TPSA) is 40.5 Å². The van der Waals surface area contributed by atoms with Gasteiger partial charge in [-0.15, -0.1) is 0 Å². The number of aliphatic hydroxyl groups is 1. The molecule has 3 nitrogen and oxygen atoms in total. The number of hydrogen-bond acceptors (Lipinski definition) is 2. The Morgan fingerprint density at radius 1 is 1.47 bits per heavy atom. The van der Waals surface area contributed by atoms with Crippen molar-refractivity contribution in [2.45, 2.75) is 19.4 Å². The molecule has 0 aliphatic carbocycles. The van der Waals surface area contributed by atoms with E-state index in [4.69, 9.17) is 0 Å². The minimum atomic E-state index is -0.356. The number of hydrogen-bond donors (Lipinski definition) is 1. The summed E-state index contributed by atoms with van der Waals surface area (Å²) in [5, 5.41) is 9.36. The molecule has 0 spiro atoms. The third kappa shape index (κ3) is 2.94. The van der Waals surface area contributed by atoms with Crippen LogP contribution in [0.5, 0.6) is 0 Å². The van der Waals surface area contributed by atoms with E-state index in [0.717, 1.165) is 11.1 Å². The Bertz CT molecular complexity index is 440. The molecular weight excluding hydrogens is 214 g/mol. The minimum absolute atomic E-state index is 0.0233. The second-order valence-electron chi connectivity index (χ2n) is 4.42. The van der Waals surface area contributed by atoms with Gasteiger partial charge in [-0.05, 0) is 30.5 Å². The quantitative estimate of drug-likeness (QED) is 0.785. The minimum Gasteiger partial charge on any atom is -0.391 e. The molecule has 1 N–H and O–H groups in total. The van der Waals surface area contributed by atoms with Gasteiger partial charge in [-0.3, -0.25) is 4.79 Å². The van der Waals surface area contributed by atoms with E-state index in [0.29, 0.717) is 19.5 Å². The predicted molar refractivity (Wildman–Crippen MR) is 67.4 cm³/mol. The zero-order valence-electron chi connectivity index (χ0n) is 9.97. The molecule has 1 aliphatic heterocycles. The Kier molecular flexibility index (Phi) is 3.59. The first-order valence-corrected chi connectivity index (χ1v) is 5.87. The Balaban J connectivity index is 2.01. The fourth-order valence-electron chi connectivity index (χ4n) is 1.98. The third-order valence-electron chi connectivity index (χ3n) is 3.07. The summed E-state index contributed by atoms with van der Waals surface area (Å²) in [5.74, 6) is -0.0233. The maximum Gasteiger partial charge on any atom is 0.246 e. The number of aryl methyl sites for hydroxylation is 1. The molecule has 90 valence electrons. The Morgan fingerprint density at radius 3 is 2.88 bits per heavy atom. The van der Waals surface area contributed by atoms with Crippen LogP contribution in [0.1, 0.15) is 17.5 Å². The summed E-state index contributed by atoms with van der Waals surface area (Å²) >= 11 is 0. The number of aliphatic hydroxyl groups excluding tert-OH is 1. The van der Waals surface area contributed by atoms with Gasteiger partial charge in [0.2, 0.25) is 5.91 Å².